The number of carbonyl (C=O) groups excluding carboxylic acids is 3. The Labute approximate surface area is 320 Å². The fourth-order valence-corrected chi connectivity index (χ4v) is 10.4. The molecule has 0 spiro atoms. The minimum Gasteiger partial charge on any atom is -0.454 e. The third kappa shape index (κ3) is 7.98. The van der Waals surface area contributed by atoms with Crippen LogP contribution in [0.15, 0.2) is 57.7 Å². The molecule has 0 bridgehead atoms. The maximum Gasteiger partial charge on any atom is 0.315 e. The van der Waals surface area contributed by atoms with Gasteiger partial charge in [-0.2, -0.15) is 11.8 Å². The number of hydrogen-bond donors (Lipinski definition) is 5. The van der Waals surface area contributed by atoms with Crippen LogP contribution in [0.1, 0.15) is 42.5 Å². The van der Waals surface area contributed by atoms with Crippen LogP contribution in [-0.4, -0.2) is 82.2 Å². The van der Waals surface area contributed by atoms with Crippen LogP contribution in [0.3, 0.4) is 0 Å². The van der Waals surface area contributed by atoms with E-state index in [9.17, 15) is 22.8 Å². The Morgan fingerprint density at radius 2 is 1.88 bits per heavy atom. The monoisotopic (exact) mass is 879 g/mol. The zero-order chi connectivity index (χ0) is 36.4. The van der Waals surface area contributed by atoms with Crippen LogP contribution in [0, 0.1) is 3.57 Å². The van der Waals surface area contributed by atoms with Gasteiger partial charge in [0.15, 0.2) is 33.6 Å². The van der Waals surface area contributed by atoms with E-state index in [1.807, 2.05) is 16.7 Å². The van der Waals surface area contributed by atoms with E-state index >= 15 is 0 Å². The molecule has 3 aliphatic heterocycles. The van der Waals surface area contributed by atoms with Crippen LogP contribution in [0.25, 0.3) is 11.2 Å². The summed E-state index contributed by atoms with van der Waals surface area (Å²) in [6.07, 6.45) is 4.05. The quantitative estimate of drug-likeness (QED) is 0.0699. The zero-order valence-electron chi connectivity index (χ0n) is 27.5. The molecule has 20 heteroatoms. The number of anilines is 1. The second kappa shape index (κ2) is 15.5. The molecule has 4 amide bonds. The number of urea groups is 1. The molecule has 7 rings (SSSR count). The second-order valence-corrected chi connectivity index (χ2v) is 17.4. The number of carbonyl (C=O) groups is 3. The van der Waals surface area contributed by atoms with Crippen molar-refractivity contribution in [1.29, 1.82) is 0 Å². The van der Waals surface area contributed by atoms with E-state index in [0.29, 0.717) is 53.8 Å². The molecule has 0 radical (unpaired) electrons. The van der Waals surface area contributed by atoms with Gasteiger partial charge >= 0.3 is 6.03 Å². The normalized spacial score (nSPS) is 18.9. The van der Waals surface area contributed by atoms with Gasteiger partial charge in [0, 0.05) is 44.5 Å². The minimum atomic E-state index is -4.11. The highest BCUT2D eigenvalue weighted by molar-refractivity contribution is 14.1. The highest BCUT2D eigenvalue weighted by atomic mass is 127. The van der Waals surface area contributed by atoms with Crippen LogP contribution in [0.5, 0.6) is 11.5 Å². The van der Waals surface area contributed by atoms with E-state index < -0.39 is 15.9 Å². The largest absolute Gasteiger partial charge is 0.454 e. The number of sulfonamides is 1. The zero-order valence-corrected chi connectivity index (χ0v) is 32.1. The SMILES string of the molecule is Nc1ncnc2c1nc(Sc1cc3c(cc1I)OCO3)n2CCCNC(=O)c1ccc(S(=O)(=O)NC(=O)CCCC[C@@H]2SC[C@@H]3NC(=O)N[C@@H]32)cc1. The summed E-state index contributed by atoms with van der Waals surface area (Å²) >= 11 is 5.46. The van der Waals surface area contributed by atoms with E-state index in [4.69, 9.17) is 20.2 Å². The van der Waals surface area contributed by atoms with Crippen molar-refractivity contribution >= 4 is 91.0 Å². The van der Waals surface area contributed by atoms with Crippen molar-refractivity contribution in [2.75, 3.05) is 24.8 Å². The number of nitrogens with one attached hydrogen (secondary N) is 4. The number of thioether (sulfide) groups is 1. The Hall–Kier alpha value is -4.02. The van der Waals surface area contributed by atoms with E-state index in [2.05, 4.69) is 53.2 Å². The summed E-state index contributed by atoms with van der Waals surface area (Å²) in [5, 5.41) is 9.63. The molecule has 0 aliphatic carbocycles. The van der Waals surface area contributed by atoms with E-state index in [0.717, 1.165) is 27.1 Å². The Bertz CT molecular complexity index is 2140. The molecule has 2 saturated heterocycles. The fraction of sp³-hybridized carbons (Fsp3) is 0.375. The third-order valence-corrected chi connectivity index (χ3v) is 14.0. The van der Waals surface area contributed by atoms with Gasteiger partial charge in [-0.3, -0.25) is 9.59 Å². The predicted octanol–water partition coefficient (Wildman–Crippen LogP) is 3.24. The van der Waals surface area contributed by atoms with Crippen LogP contribution in [0.4, 0.5) is 10.6 Å². The summed E-state index contributed by atoms with van der Waals surface area (Å²) in [5.74, 6) is 1.49. The number of fused-ring (bicyclic) bond motifs is 3. The van der Waals surface area contributed by atoms with Gasteiger partial charge in [0.05, 0.1) is 17.0 Å². The summed E-state index contributed by atoms with van der Waals surface area (Å²) < 4.78 is 41.7. The van der Waals surface area contributed by atoms with Crippen molar-refractivity contribution in [3.05, 3.63) is 51.9 Å². The van der Waals surface area contributed by atoms with Crippen molar-refractivity contribution in [2.24, 2.45) is 0 Å². The number of ether oxygens (including phenoxy) is 2. The maximum atomic E-state index is 12.9. The van der Waals surface area contributed by atoms with Crippen LogP contribution in [-0.2, 0) is 21.4 Å². The molecule has 16 nitrogen and oxygen atoms in total. The molecular formula is C32H34IN9O7S3. The molecule has 2 aromatic carbocycles. The lowest BCUT2D eigenvalue weighted by atomic mass is 10.0. The molecule has 2 fully saturated rings. The standard InChI is InChI=1S/C32H34IN9O7S3/c33-19-12-21-22(49-16-48-21)13-24(19)51-32-40-27-28(34)36-15-37-29(27)42(32)11-3-10-35-30(44)17-6-8-18(9-7-17)52(46,47)41-25(43)5-2-1-4-23-26-20(14-50-23)38-31(45)39-26/h6-9,12-13,15,20,23,26H,1-5,10-11,14,16H2,(H,35,44)(H,41,43)(H2,34,36,37)(H2,38,39,45)/t20-,23-,26-/m0/s1. The second-order valence-electron chi connectivity index (χ2n) is 12.2. The first-order valence-corrected chi connectivity index (χ1v) is 20.8. The highest BCUT2D eigenvalue weighted by Crippen LogP contribution is 2.41. The molecule has 4 aromatic rings. The number of hydrogen-bond acceptors (Lipinski definition) is 13. The summed E-state index contributed by atoms with van der Waals surface area (Å²) in [6.45, 7) is 0.943. The van der Waals surface area contributed by atoms with Crippen molar-refractivity contribution in [3.63, 3.8) is 0 Å². The molecule has 52 heavy (non-hydrogen) atoms. The topological polar surface area (TPSA) is 222 Å². The summed E-state index contributed by atoms with van der Waals surface area (Å²) in [7, 11) is -4.11. The molecule has 274 valence electrons. The lowest BCUT2D eigenvalue weighted by molar-refractivity contribution is -0.119. The van der Waals surface area contributed by atoms with Gasteiger partial charge in [0.1, 0.15) is 6.33 Å². The smallest absolute Gasteiger partial charge is 0.315 e. The number of benzene rings is 2. The van der Waals surface area contributed by atoms with E-state index in [1.165, 1.54) is 42.4 Å². The van der Waals surface area contributed by atoms with Gasteiger partial charge in [0.25, 0.3) is 15.9 Å². The van der Waals surface area contributed by atoms with Crippen molar-refractivity contribution in [3.8, 4) is 11.5 Å². The first-order valence-electron chi connectivity index (χ1n) is 16.4. The van der Waals surface area contributed by atoms with Gasteiger partial charge < -0.3 is 35.7 Å². The van der Waals surface area contributed by atoms with Gasteiger partial charge in [-0.25, -0.2) is 32.9 Å². The van der Waals surface area contributed by atoms with Crippen LogP contribution in [0.2, 0.25) is 0 Å². The summed E-state index contributed by atoms with van der Waals surface area (Å²) in [6, 6.07) is 9.30. The average molecular weight is 880 g/mol. The molecule has 3 aliphatic rings. The number of aromatic nitrogens is 4. The number of imidazole rings is 1. The average Bonchev–Trinajstić information content (AvgIpc) is 3.89. The van der Waals surface area contributed by atoms with E-state index in [-0.39, 0.29) is 58.8 Å². The Morgan fingerprint density at radius 1 is 1.10 bits per heavy atom. The number of nitrogen functional groups attached to an aromatic ring is 1. The maximum absolute atomic E-state index is 12.9. The minimum absolute atomic E-state index is 0.0584. The van der Waals surface area contributed by atoms with Crippen LogP contribution < -0.4 is 35.9 Å². The van der Waals surface area contributed by atoms with Crippen molar-refractivity contribution in [1.82, 2.24) is 40.2 Å². The lowest BCUT2D eigenvalue weighted by Crippen LogP contribution is -2.36. The number of halogens is 1. The molecule has 2 aromatic heterocycles. The number of rotatable bonds is 14. The summed E-state index contributed by atoms with van der Waals surface area (Å²) in [4.78, 5) is 50.9. The Morgan fingerprint density at radius 3 is 2.69 bits per heavy atom. The van der Waals surface area contributed by atoms with Gasteiger partial charge in [-0.05, 0) is 78.3 Å². The van der Waals surface area contributed by atoms with Crippen molar-refractivity contribution < 1.29 is 32.3 Å². The third-order valence-electron chi connectivity index (χ3n) is 8.75. The number of unbranched alkanes of at least 4 members (excludes halogenated alkanes) is 1. The molecule has 3 atom stereocenters. The Kier molecular flexibility index (Phi) is 10.9. The molecule has 0 unspecified atom stereocenters. The molecular weight excluding hydrogens is 846 g/mol. The number of aryl methyl sites for hydroxylation is 1. The summed E-state index contributed by atoms with van der Waals surface area (Å²) in [5.41, 5.74) is 7.43. The van der Waals surface area contributed by atoms with Crippen LogP contribution >= 0.6 is 46.1 Å². The molecule has 0 saturated carbocycles. The number of nitrogens with zero attached hydrogens (tertiary/aromatic N) is 4. The van der Waals surface area contributed by atoms with Crippen molar-refractivity contribution in [2.45, 2.75) is 70.9 Å². The first kappa shape index (κ1) is 36.3. The lowest BCUT2D eigenvalue weighted by Gasteiger charge is -2.16. The van der Waals surface area contributed by atoms with Gasteiger partial charge in [-0.15, -0.1) is 0 Å². The highest BCUT2D eigenvalue weighted by Gasteiger charge is 2.42. The fourth-order valence-electron chi connectivity index (χ4n) is 6.15. The first-order chi connectivity index (χ1) is 25.1. The number of amides is 4. The number of nitrogens with two attached hydrogens (primary N) is 1. The van der Waals surface area contributed by atoms with Gasteiger partial charge in [0.2, 0.25) is 12.7 Å². The molecule has 6 N–H and O–H groups in total. The van der Waals surface area contributed by atoms with E-state index in [1.54, 1.807) is 11.8 Å². The predicted molar refractivity (Wildman–Crippen MR) is 202 cm³/mol. The van der Waals surface area contributed by atoms with Gasteiger partial charge in [-0.1, -0.05) is 18.2 Å². The Balaban J connectivity index is 0.892. The molecule has 5 heterocycles.